The van der Waals surface area contributed by atoms with Gasteiger partial charge in [0, 0.05) is 28.9 Å². The average molecular weight is 297 g/mol. The standard InChI is InChI=1S/C13H7N5O2S/c1-4-14-5-2-8(1)10-15-12(19-17-10)13-16-11(18-20-13)9-3-6-21-7-9/h1-7H. The Morgan fingerprint density at radius 1 is 0.810 bits per heavy atom. The van der Waals surface area contributed by atoms with Gasteiger partial charge in [-0.15, -0.1) is 0 Å². The SMILES string of the molecule is c1cc(-c2noc(-c3nc(-c4ccsc4)no3)n2)ccn1. The highest BCUT2D eigenvalue weighted by atomic mass is 32.1. The Bertz CT molecular complexity index is 854. The normalized spacial score (nSPS) is 10.9. The first-order chi connectivity index (χ1) is 10.4. The molecule has 0 saturated heterocycles. The van der Waals surface area contributed by atoms with Crippen LogP contribution in [0.3, 0.4) is 0 Å². The van der Waals surface area contributed by atoms with E-state index in [0.717, 1.165) is 11.1 Å². The molecule has 0 atom stereocenters. The molecule has 0 aliphatic carbocycles. The lowest BCUT2D eigenvalue weighted by Crippen LogP contribution is -1.82. The molecule has 4 aromatic heterocycles. The van der Waals surface area contributed by atoms with Gasteiger partial charge in [-0.1, -0.05) is 10.3 Å². The molecule has 7 nitrogen and oxygen atoms in total. The zero-order valence-electron chi connectivity index (χ0n) is 10.5. The highest BCUT2D eigenvalue weighted by molar-refractivity contribution is 7.08. The van der Waals surface area contributed by atoms with Crippen LogP contribution in [0.25, 0.3) is 34.6 Å². The molecule has 0 aliphatic heterocycles. The fraction of sp³-hybridized carbons (Fsp3) is 0. The molecule has 21 heavy (non-hydrogen) atoms. The van der Waals surface area contributed by atoms with Crippen molar-refractivity contribution in [2.24, 2.45) is 0 Å². The maximum absolute atomic E-state index is 5.16. The van der Waals surface area contributed by atoms with Gasteiger partial charge in [-0.3, -0.25) is 4.98 Å². The number of hydrogen-bond acceptors (Lipinski definition) is 8. The Morgan fingerprint density at radius 2 is 1.48 bits per heavy atom. The van der Waals surface area contributed by atoms with E-state index in [9.17, 15) is 0 Å². The molecule has 0 saturated carbocycles. The Hall–Kier alpha value is -2.87. The van der Waals surface area contributed by atoms with Gasteiger partial charge in [0.05, 0.1) is 0 Å². The van der Waals surface area contributed by atoms with E-state index in [-0.39, 0.29) is 11.8 Å². The fourth-order valence-electron chi connectivity index (χ4n) is 1.75. The maximum Gasteiger partial charge on any atom is 0.316 e. The minimum atomic E-state index is 0.191. The van der Waals surface area contributed by atoms with Gasteiger partial charge in [0.2, 0.25) is 11.6 Å². The molecule has 0 spiro atoms. The molecule has 4 aromatic rings. The molecule has 0 unspecified atom stereocenters. The largest absolute Gasteiger partial charge is 0.328 e. The zero-order chi connectivity index (χ0) is 14.1. The Balaban J connectivity index is 1.67. The van der Waals surface area contributed by atoms with Crippen molar-refractivity contribution < 1.29 is 9.05 Å². The summed E-state index contributed by atoms with van der Waals surface area (Å²) in [5.74, 6) is 1.33. The van der Waals surface area contributed by atoms with Crippen LogP contribution in [0.15, 0.2) is 50.4 Å². The Labute approximate surface area is 122 Å². The van der Waals surface area contributed by atoms with E-state index >= 15 is 0 Å². The lowest BCUT2D eigenvalue weighted by molar-refractivity contribution is 0.383. The summed E-state index contributed by atoms with van der Waals surface area (Å²) in [6.07, 6.45) is 3.32. The Kier molecular flexibility index (Phi) is 2.79. The van der Waals surface area contributed by atoms with Crippen LogP contribution in [0.5, 0.6) is 0 Å². The van der Waals surface area contributed by atoms with Crippen molar-refractivity contribution in [2.75, 3.05) is 0 Å². The number of nitrogens with zero attached hydrogens (tertiary/aromatic N) is 5. The molecule has 8 heteroatoms. The minimum Gasteiger partial charge on any atom is -0.328 e. The summed E-state index contributed by atoms with van der Waals surface area (Å²) < 4.78 is 10.3. The van der Waals surface area contributed by atoms with Crippen molar-refractivity contribution in [3.63, 3.8) is 0 Å². The summed E-state index contributed by atoms with van der Waals surface area (Å²) in [5, 5.41) is 11.7. The van der Waals surface area contributed by atoms with Crippen molar-refractivity contribution in [3.8, 4) is 34.6 Å². The van der Waals surface area contributed by atoms with Crippen molar-refractivity contribution in [1.82, 2.24) is 25.3 Å². The number of aromatic nitrogens is 5. The molecule has 4 heterocycles. The lowest BCUT2D eigenvalue weighted by atomic mass is 10.2. The molecule has 0 radical (unpaired) electrons. The molecule has 0 N–H and O–H groups in total. The summed E-state index contributed by atoms with van der Waals surface area (Å²) in [4.78, 5) is 12.4. The van der Waals surface area contributed by atoms with Crippen LogP contribution in [0, 0.1) is 0 Å². The van der Waals surface area contributed by atoms with E-state index in [0.29, 0.717) is 11.6 Å². The first kappa shape index (κ1) is 11.9. The van der Waals surface area contributed by atoms with Crippen LogP contribution in [-0.4, -0.2) is 25.3 Å². The van der Waals surface area contributed by atoms with E-state index in [2.05, 4.69) is 25.3 Å². The zero-order valence-corrected chi connectivity index (χ0v) is 11.3. The predicted molar refractivity (Wildman–Crippen MR) is 74.1 cm³/mol. The molecular weight excluding hydrogens is 290 g/mol. The van der Waals surface area contributed by atoms with Gasteiger partial charge in [-0.05, 0) is 23.6 Å². The van der Waals surface area contributed by atoms with Crippen molar-refractivity contribution in [2.45, 2.75) is 0 Å². The first-order valence-electron chi connectivity index (χ1n) is 6.01. The second-order valence-electron chi connectivity index (χ2n) is 4.09. The van der Waals surface area contributed by atoms with Crippen LogP contribution in [-0.2, 0) is 0 Å². The fourth-order valence-corrected chi connectivity index (χ4v) is 2.38. The number of rotatable bonds is 3. The number of pyridine rings is 1. The number of hydrogen-bond donors (Lipinski definition) is 0. The predicted octanol–water partition coefficient (Wildman–Crippen LogP) is 2.91. The minimum absolute atomic E-state index is 0.191. The maximum atomic E-state index is 5.16. The molecular formula is C13H7N5O2S. The third-order valence-corrected chi connectivity index (χ3v) is 3.44. The third-order valence-electron chi connectivity index (χ3n) is 2.75. The molecule has 0 amide bonds. The smallest absolute Gasteiger partial charge is 0.316 e. The summed E-state index contributed by atoms with van der Waals surface area (Å²) >= 11 is 1.56. The highest BCUT2D eigenvalue weighted by Gasteiger charge is 2.18. The monoisotopic (exact) mass is 297 g/mol. The highest BCUT2D eigenvalue weighted by Crippen LogP contribution is 2.24. The first-order valence-corrected chi connectivity index (χ1v) is 6.95. The van der Waals surface area contributed by atoms with Gasteiger partial charge in [0.1, 0.15) is 0 Å². The van der Waals surface area contributed by atoms with Crippen LogP contribution >= 0.6 is 11.3 Å². The van der Waals surface area contributed by atoms with Gasteiger partial charge >= 0.3 is 11.8 Å². The average Bonchev–Trinajstić information content (AvgIpc) is 3.27. The number of thiophene rings is 1. The third kappa shape index (κ3) is 2.21. The second-order valence-corrected chi connectivity index (χ2v) is 4.87. The molecule has 102 valence electrons. The lowest BCUT2D eigenvalue weighted by Gasteiger charge is -1.89. The summed E-state index contributed by atoms with van der Waals surface area (Å²) in [6, 6.07) is 5.49. The van der Waals surface area contributed by atoms with Crippen LogP contribution in [0.1, 0.15) is 0 Å². The van der Waals surface area contributed by atoms with Gasteiger partial charge in [0.15, 0.2) is 0 Å². The van der Waals surface area contributed by atoms with Gasteiger partial charge in [-0.2, -0.15) is 21.3 Å². The van der Waals surface area contributed by atoms with E-state index in [1.807, 2.05) is 16.8 Å². The van der Waals surface area contributed by atoms with Crippen molar-refractivity contribution >= 4 is 11.3 Å². The quantitative estimate of drug-likeness (QED) is 0.574. The molecule has 4 rings (SSSR count). The van der Waals surface area contributed by atoms with Gasteiger partial charge in [-0.25, -0.2) is 0 Å². The summed E-state index contributed by atoms with van der Waals surface area (Å²) in [5.41, 5.74) is 1.70. The van der Waals surface area contributed by atoms with E-state index < -0.39 is 0 Å². The van der Waals surface area contributed by atoms with Crippen LogP contribution in [0.2, 0.25) is 0 Å². The van der Waals surface area contributed by atoms with E-state index in [1.54, 1.807) is 35.9 Å². The van der Waals surface area contributed by atoms with E-state index in [4.69, 9.17) is 9.05 Å². The Morgan fingerprint density at radius 3 is 2.10 bits per heavy atom. The molecule has 0 fully saturated rings. The van der Waals surface area contributed by atoms with Gasteiger partial charge < -0.3 is 9.05 Å². The van der Waals surface area contributed by atoms with Gasteiger partial charge in [0.25, 0.3) is 0 Å². The van der Waals surface area contributed by atoms with Crippen molar-refractivity contribution in [3.05, 3.63) is 41.4 Å². The molecule has 0 aromatic carbocycles. The van der Waals surface area contributed by atoms with Crippen LogP contribution in [0.4, 0.5) is 0 Å². The topological polar surface area (TPSA) is 90.7 Å². The summed E-state index contributed by atoms with van der Waals surface area (Å²) in [6.45, 7) is 0. The molecule has 0 bridgehead atoms. The second kappa shape index (κ2) is 4.91. The van der Waals surface area contributed by atoms with Crippen molar-refractivity contribution in [1.29, 1.82) is 0 Å². The van der Waals surface area contributed by atoms with E-state index in [1.165, 1.54) is 0 Å². The summed E-state index contributed by atoms with van der Waals surface area (Å²) in [7, 11) is 0. The molecule has 0 aliphatic rings. The van der Waals surface area contributed by atoms with Crippen LogP contribution < -0.4 is 0 Å².